The standard InChI is InChI=1S/C9H10N2O3/c1-14-9(13)7-4-6(11-5-12)2-3-8(7)10/h2-5H,10H2,1H3,(H,11,12). The van der Waals surface area contributed by atoms with E-state index >= 15 is 0 Å². The molecule has 1 aromatic carbocycles. The van der Waals surface area contributed by atoms with Crippen molar-refractivity contribution in [3.05, 3.63) is 23.8 Å². The summed E-state index contributed by atoms with van der Waals surface area (Å²) >= 11 is 0. The molecule has 1 rings (SSSR count). The van der Waals surface area contributed by atoms with Gasteiger partial charge in [-0.3, -0.25) is 4.79 Å². The Balaban J connectivity index is 3.07. The summed E-state index contributed by atoms with van der Waals surface area (Å²) in [6, 6.07) is 4.57. The molecule has 0 bridgehead atoms. The van der Waals surface area contributed by atoms with Crippen LogP contribution in [-0.2, 0) is 9.53 Å². The van der Waals surface area contributed by atoms with Crippen LogP contribution < -0.4 is 11.1 Å². The van der Waals surface area contributed by atoms with Crippen molar-refractivity contribution < 1.29 is 14.3 Å². The Bertz CT molecular complexity index is 363. The molecule has 0 saturated carbocycles. The van der Waals surface area contributed by atoms with Gasteiger partial charge in [0.25, 0.3) is 0 Å². The zero-order chi connectivity index (χ0) is 10.6. The number of nitrogen functional groups attached to an aromatic ring is 1. The number of carbonyl (C=O) groups excluding carboxylic acids is 2. The highest BCUT2D eigenvalue weighted by molar-refractivity contribution is 5.96. The molecule has 0 saturated heterocycles. The predicted octanol–water partition coefficient (Wildman–Crippen LogP) is 0.624. The van der Waals surface area contributed by atoms with Crippen molar-refractivity contribution >= 4 is 23.8 Å². The Morgan fingerprint density at radius 1 is 1.57 bits per heavy atom. The van der Waals surface area contributed by atoms with Crippen LogP contribution in [0.3, 0.4) is 0 Å². The third-order valence-electron chi connectivity index (χ3n) is 1.68. The van der Waals surface area contributed by atoms with Gasteiger partial charge in [0.15, 0.2) is 0 Å². The van der Waals surface area contributed by atoms with E-state index < -0.39 is 5.97 Å². The number of esters is 1. The summed E-state index contributed by atoms with van der Waals surface area (Å²) in [4.78, 5) is 21.3. The first-order valence-corrected chi connectivity index (χ1v) is 3.87. The second-order valence-electron chi connectivity index (χ2n) is 2.56. The fourth-order valence-corrected chi connectivity index (χ4v) is 1.00. The Kier molecular flexibility index (Phi) is 3.06. The number of nitrogens with two attached hydrogens (primary N) is 1. The maximum atomic E-state index is 11.2. The molecule has 0 aliphatic rings. The van der Waals surface area contributed by atoms with Crippen molar-refractivity contribution in [1.29, 1.82) is 0 Å². The summed E-state index contributed by atoms with van der Waals surface area (Å²) in [5.74, 6) is -0.531. The summed E-state index contributed by atoms with van der Waals surface area (Å²) in [5, 5.41) is 2.41. The van der Waals surface area contributed by atoms with E-state index in [9.17, 15) is 9.59 Å². The smallest absolute Gasteiger partial charge is 0.340 e. The van der Waals surface area contributed by atoms with Crippen LogP contribution in [0.2, 0.25) is 0 Å². The molecule has 0 fully saturated rings. The molecule has 0 atom stereocenters. The lowest BCUT2D eigenvalue weighted by molar-refractivity contribution is -0.105. The summed E-state index contributed by atoms with van der Waals surface area (Å²) in [6.45, 7) is 0. The van der Waals surface area contributed by atoms with Gasteiger partial charge in [0.05, 0.1) is 12.7 Å². The van der Waals surface area contributed by atoms with Gasteiger partial charge in [-0.1, -0.05) is 0 Å². The van der Waals surface area contributed by atoms with Gasteiger partial charge < -0.3 is 15.8 Å². The number of hydrogen-bond acceptors (Lipinski definition) is 4. The zero-order valence-electron chi connectivity index (χ0n) is 7.61. The third kappa shape index (κ3) is 2.01. The van der Waals surface area contributed by atoms with E-state index in [1.165, 1.54) is 19.2 Å². The van der Waals surface area contributed by atoms with E-state index in [4.69, 9.17) is 5.73 Å². The number of hydrogen-bond donors (Lipinski definition) is 2. The molecule has 5 heteroatoms. The maximum absolute atomic E-state index is 11.2. The fraction of sp³-hybridized carbons (Fsp3) is 0.111. The second-order valence-corrected chi connectivity index (χ2v) is 2.56. The van der Waals surface area contributed by atoms with Gasteiger partial charge >= 0.3 is 5.97 Å². The molecule has 74 valence electrons. The van der Waals surface area contributed by atoms with Crippen molar-refractivity contribution in [2.24, 2.45) is 0 Å². The number of anilines is 2. The number of amides is 1. The fourth-order valence-electron chi connectivity index (χ4n) is 1.00. The first kappa shape index (κ1) is 10.0. The molecule has 0 aliphatic heterocycles. The lowest BCUT2D eigenvalue weighted by atomic mass is 10.1. The number of carbonyl (C=O) groups is 2. The Morgan fingerprint density at radius 2 is 2.29 bits per heavy atom. The molecule has 14 heavy (non-hydrogen) atoms. The third-order valence-corrected chi connectivity index (χ3v) is 1.68. The summed E-state index contributed by atoms with van der Waals surface area (Å²) in [7, 11) is 1.27. The van der Waals surface area contributed by atoms with Crippen molar-refractivity contribution in [2.45, 2.75) is 0 Å². The van der Waals surface area contributed by atoms with Gasteiger partial charge in [-0.15, -0.1) is 0 Å². The first-order valence-electron chi connectivity index (χ1n) is 3.87. The second kappa shape index (κ2) is 4.27. The SMILES string of the molecule is COC(=O)c1cc(NC=O)ccc1N. The molecule has 0 spiro atoms. The van der Waals surface area contributed by atoms with Crippen LogP contribution in [0.5, 0.6) is 0 Å². The van der Waals surface area contributed by atoms with E-state index in [1.54, 1.807) is 6.07 Å². The lowest BCUT2D eigenvalue weighted by Crippen LogP contribution is -2.06. The zero-order valence-corrected chi connectivity index (χ0v) is 7.61. The van der Waals surface area contributed by atoms with Crippen molar-refractivity contribution in [3.8, 4) is 0 Å². The van der Waals surface area contributed by atoms with E-state index in [2.05, 4.69) is 10.1 Å². The van der Waals surface area contributed by atoms with Gasteiger partial charge in [-0.2, -0.15) is 0 Å². The van der Waals surface area contributed by atoms with Crippen molar-refractivity contribution in [2.75, 3.05) is 18.2 Å². The Morgan fingerprint density at radius 3 is 2.86 bits per heavy atom. The molecule has 0 radical (unpaired) electrons. The van der Waals surface area contributed by atoms with Crippen LogP contribution in [0.25, 0.3) is 0 Å². The van der Waals surface area contributed by atoms with Crippen LogP contribution in [0.15, 0.2) is 18.2 Å². The monoisotopic (exact) mass is 194 g/mol. The summed E-state index contributed by atoms with van der Waals surface area (Å²) in [6.07, 6.45) is 0.520. The minimum absolute atomic E-state index is 0.236. The average molecular weight is 194 g/mol. The number of rotatable bonds is 3. The molecule has 5 nitrogen and oxygen atoms in total. The molecule has 1 aromatic rings. The highest BCUT2D eigenvalue weighted by Gasteiger charge is 2.09. The number of benzene rings is 1. The topological polar surface area (TPSA) is 81.4 Å². The summed E-state index contributed by atoms with van der Waals surface area (Å²) < 4.78 is 4.52. The number of nitrogens with one attached hydrogen (secondary N) is 1. The van der Waals surface area contributed by atoms with Crippen LogP contribution in [0.4, 0.5) is 11.4 Å². The van der Waals surface area contributed by atoms with E-state index in [0.29, 0.717) is 17.8 Å². The van der Waals surface area contributed by atoms with E-state index in [-0.39, 0.29) is 5.56 Å². The highest BCUT2D eigenvalue weighted by atomic mass is 16.5. The first-order chi connectivity index (χ1) is 6.69. The van der Waals surface area contributed by atoms with Crippen LogP contribution in [0.1, 0.15) is 10.4 Å². The lowest BCUT2D eigenvalue weighted by Gasteiger charge is -2.05. The highest BCUT2D eigenvalue weighted by Crippen LogP contribution is 2.18. The van der Waals surface area contributed by atoms with Gasteiger partial charge in [-0.05, 0) is 18.2 Å². The van der Waals surface area contributed by atoms with Crippen LogP contribution in [0, 0.1) is 0 Å². The van der Waals surface area contributed by atoms with Gasteiger partial charge in [0, 0.05) is 11.4 Å². The van der Waals surface area contributed by atoms with E-state index in [1.807, 2.05) is 0 Å². The quantitative estimate of drug-likeness (QED) is 0.420. The van der Waals surface area contributed by atoms with Crippen molar-refractivity contribution in [1.82, 2.24) is 0 Å². The molecule has 0 heterocycles. The number of methoxy groups -OCH3 is 1. The summed E-state index contributed by atoms with van der Waals surface area (Å²) in [5.41, 5.74) is 6.59. The van der Waals surface area contributed by atoms with Gasteiger partial charge in [0.2, 0.25) is 6.41 Å². The number of ether oxygens (including phenoxy) is 1. The van der Waals surface area contributed by atoms with Crippen LogP contribution in [-0.4, -0.2) is 19.5 Å². The largest absolute Gasteiger partial charge is 0.465 e. The molecule has 0 unspecified atom stereocenters. The molecular formula is C9H10N2O3. The normalized spacial score (nSPS) is 9.21. The molecule has 3 N–H and O–H groups in total. The van der Waals surface area contributed by atoms with E-state index in [0.717, 1.165) is 0 Å². The Labute approximate surface area is 80.9 Å². The average Bonchev–Trinajstić information content (AvgIpc) is 2.20. The van der Waals surface area contributed by atoms with Crippen LogP contribution >= 0.6 is 0 Å². The molecular weight excluding hydrogens is 184 g/mol. The van der Waals surface area contributed by atoms with Gasteiger partial charge in [-0.25, -0.2) is 4.79 Å². The Hall–Kier alpha value is -2.04. The maximum Gasteiger partial charge on any atom is 0.340 e. The minimum atomic E-state index is -0.531. The molecule has 1 amide bonds. The van der Waals surface area contributed by atoms with Crippen molar-refractivity contribution in [3.63, 3.8) is 0 Å². The predicted molar refractivity (Wildman–Crippen MR) is 51.9 cm³/mol. The molecule has 0 aromatic heterocycles. The minimum Gasteiger partial charge on any atom is -0.465 e. The molecule has 0 aliphatic carbocycles. The van der Waals surface area contributed by atoms with Gasteiger partial charge in [0.1, 0.15) is 0 Å².